The lowest BCUT2D eigenvalue weighted by Crippen LogP contribution is -2.40. The van der Waals surface area contributed by atoms with Gasteiger partial charge in [-0.15, -0.1) is 11.3 Å². The number of halogens is 4. The van der Waals surface area contributed by atoms with Crippen LogP contribution in [-0.2, 0) is 16.2 Å². The van der Waals surface area contributed by atoms with Crippen molar-refractivity contribution < 1.29 is 21.6 Å². The highest BCUT2D eigenvalue weighted by atomic mass is 35.5. The molecule has 3 aromatic heterocycles. The van der Waals surface area contributed by atoms with Gasteiger partial charge >= 0.3 is 6.18 Å². The SMILES string of the molecule is Cc1cc(-c2cc(C(F)(F)F)nc(-c3ccnc(-c4ccc(S(=O)(=O)NC(C)(C)C)s4)c3)n2)ccc1Cl. The van der Waals surface area contributed by atoms with Crippen LogP contribution in [0.4, 0.5) is 13.2 Å². The molecule has 0 aliphatic carbocycles. The number of alkyl halides is 3. The summed E-state index contributed by atoms with van der Waals surface area (Å²) in [6.07, 6.45) is -3.28. The summed E-state index contributed by atoms with van der Waals surface area (Å²) in [6.45, 7) is 6.95. The smallest absolute Gasteiger partial charge is 0.255 e. The molecule has 1 N–H and O–H groups in total. The van der Waals surface area contributed by atoms with Gasteiger partial charge in [-0.1, -0.05) is 17.7 Å². The molecule has 194 valence electrons. The van der Waals surface area contributed by atoms with Crippen LogP contribution in [-0.4, -0.2) is 28.9 Å². The second-order valence-corrected chi connectivity index (χ2v) is 12.7. The van der Waals surface area contributed by atoms with Gasteiger partial charge in [-0.25, -0.2) is 23.1 Å². The fourth-order valence-corrected chi connectivity index (χ4v) is 6.24. The Balaban J connectivity index is 1.77. The first-order valence-electron chi connectivity index (χ1n) is 11.0. The molecule has 12 heteroatoms. The number of pyridine rings is 1. The van der Waals surface area contributed by atoms with Gasteiger partial charge in [0, 0.05) is 27.9 Å². The van der Waals surface area contributed by atoms with Crippen molar-refractivity contribution in [1.82, 2.24) is 19.7 Å². The number of rotatable bonds is 5. The number of nitrogens with zero attached hydrogens (tertiary/aromatic N) is 3. The summed E-state index contributed by atoms with van der Waals surface area (Å²) in [6, 6.07) is 11.8. The molecule has 0 fully saturated rings. The summed E-state index contributed by atoms with van der Waals surface area (Å²) < 4.78 is 69.2. The zero-order chi connectivity index (χ0) is 27.2. The van der Waals surface area contributed by atoms with Gasteiger partial charge in [-0.05, 0) is 75.7 Å². The van der Waals surface area contributed by atoms with Crippen LogP contribution in [0.1, 0.15) is 32.0 Å². The minimum Gasteiger partial charge on any atom is -0.255 e. The maximum atomic E-state index is 13.7. The van der Waals surface area contributed by atoms with E-state index in [4.69, 9.17) is 11.6 Å². The summed E-state index contributed by atoms with van der Waals surface area (Å²) in [5.41, 5.74) is 0.179. The zero-order valence-electron chi connectivity index (χ0n) is 20.2. The number of benzene rings is 1. The number of hydrogen-bond acceptors (Lipinski definition) is 6. The van der Waals surface area contributed by atoms with Crippen molar-refractivity contribution in [1.29, 1.82) is 0 Å². The molecule has 0 unspecified atom stereocenters. The third kappa shape index (κ3) is 6.35. The summed E-state index contributed by atoms with van der Waals surface area (Å²) >= 11 is 7.08. The van der Waals surface area contributed by atoms with Crippen molar-refractivity contribution >= 4 is 33.0 Å². The Labute approximate surface area is 221 Å². The Bertz CT molecular complexity index is 1580. The van der Waals surface area contributed by atoms with E-state index in [1.807, 2.05) is 0 Å². The molecule has 1 aromatic carbocycles. The lowest BCUT2D eigenvalue weighted by Gasteiger charge is -2.19. The van der Waals surface area contributed by atoms with Gasteiger partial charge in [-0.2, -0.15) is 13.2 Å². The lowest BCUT2D eigenvalue weighted by atomic mass is 10.1. The Hall–Kier alpha value is -2.86. The Kier molecular flexibility index (Phi) is 7.19. The molecule has 0 spiro atoms. The van der Waals surface area contributed by atoms with E-state index < -0.39 is 27.4 Å². The minimum atomic E-state index is -4.69. The molecule has 0 aliphatic rings. The van der Waals surface area contributed by atoms with Gasteiger partial charge in [0.25, 0.3) is 10.0 Å². The highest BCUT2D eigenvalue weighted by molar-refractivity contribution is 7.91. The van der Waals surface area contributed by atoms with Gasteiger partial charge in [-0.3, -0.25) is 4.98 Å². The number of aromatic nitrogens is 3. The average Bonchev–Trinajstić information content (AvgIpc) is 3.30. The molecule has 0 bridgehead atoms. The maximum Gasteiger partial charge on any atom is 0.433 e. The fraction of sp³-hybridized carbons (Fsp3) is 0.240. The van der Waals surface area contributed by atoms with Crippen LogP contribution in [0, 0.1) is 6.92 Å². The normalized spacial score (nSPS) is 12.6. The highest BCUT2D eigenvalue weighted by Gasteiger charge is 2.34. The standard InChI is InChI=1S/C25H22ClF3N4O2S2/c1-14-11-15(5-6-17(14)26)18-13-21(25(27,28)29)32-23(31-18)16-9-10-30-19(12-16)20-7-8-22(36-20)37(34,35)33-24(2,3)4/h5-13,33H,1-4H3. The number of aryl methyl sites for hydroxylation is 1. The van der Waals surface area contributed by atoms with Crippen molar-refractivity contribution in [2.24, 2.45) is 0 Å². The van der Waals surface area contributed by atoms with Crippen LogP contribution in [0.5, 0.6) is 0 Å². The molecule has 0 saturated heterocycles. The summed E-state index contributed by atoms with van der Waals surface area (Å²) in [7, 11) is -3.75. The van der Waals surface area contributed by atoms with Crippen molar-refractivity contribution in [3.63, 3.8) is 0 Å². The molecule has 6 nitrogen and oxygen atoms in total. The predicted molar refractivity (Wildman–Crippen MR) is 139 cm³/mol. The largest absolute Gasteiger partial charge is 0.433 e. The molecule has 0 radical (unpaired) electrons. The van der Waals surface area contributed by atoms with E-state index in [0.29, 0.717) is 32.3 Å². The van der Waals surface area contributed by atoms with E-state index in [1.165, 1.54) is 24.4 Å². The van der Waals surface area contributed by atoms with Crippen molar-refractivity contribution in [2.45, 2.75) is 43.6 Å². The minimum absolute atomic E-state index is 0.0909. The Morgan fingerprint density at radius 3 is 2.30 bits per heavy atom. The number of sulfonamides is 1. The van der Waals surface area contributed by atoms with Crippen LogP contribution < -0.4 is 4.72 Å². The monoisotopic (exact) mass is 566 g/mol. The van der Waals surface area contributed by atoms with Gasteiger partial charge in [0.1, 0.15) is 9.90 Å². The van der Waals surface area contributed by atoms with E-state index in [2.05, 4.69) is 19.7 Å². The van der Waals surface area contributed by atoms with Gasteiger partial charge in [0.05, 0.1) is 16.3 Å². The van der Waals surface area contributed by atoms with E-state index in [9.17, 15) is 21.6 Å². The van der Waals surface area contributed by atoms with Gasteiger partial charge in [0.2, 0.25) is 0 Å². The topological polar surface area (TPSA) is 84.8 Å². The molecule has 0 atom stereocenters. The summed E-state index contributed by atoms with van der Waals surface area (Å²) in [4.78, 5) is 13.0. The number of nitrogens with one attached hydrogen (secondary N) is 1. The molecule has 3 heterocycles. The first kappa shape index (κ1) is 27.2. The Morgan fingerprint density at radius 1 is 0.919 bits per heavy atom. The summed E-state index contributed by atoms with van der Waals surface area (Å²) in [5, 5.41) is 0.489. The van der Waals surface area contributed by atoms with E-state index in [1.54, 1.807) is 52.0 Å². The maximum absolute atomic E-state index is 13.7. The molecular weight excluding hydrogens is 545 g/mol. The van der Waals surface area contributed by atoms with Crippen LogP contribution in [0.15, 0.2) is 58.9 Å². The molecule has 4 aromatic rings. The zero-order valence-corrected chi connectivity index (χ0v) is 22.6. The van der Waals surface area contributed by atoms with E-state index in [0.717, 1.165) is 17.4 Å². The highest BCUT2D eigenvalue weighted by Crippen LogP contribution is 2.35. The van der Waals surface area contributed by atoms with Crippen molar-refractivity contribution in [3.8, 4) is 33.2 Å². The quantitative estimate of drug-likeness (QED) is 0.281. The van der Waals surface area contributed by atoms with Crippen LogP contribution in [0.25, 0.3) is 33.2 Å². The molecular formula is C25H22ClF3N4O2S2. The van der Waals surface area contributed by atoms with Gasteiger partial charge < -0.3 is 0 Å². The average molecular weight is 567 g/mol. The molecule has 0 amide bonds. The second kappa shape index (κ2) is 9.79. The molecule has 4 rings (SSSR count). The Morgan fingerprint density at radius 2 is 1.65 bits per heavy atom. The van der Waals surface area contributed by atoms with Crippen LogP contribution >= 0.6 is 22.9 Å². The first-order valence-corrected chi connectivity index (χ1v) is 13.6. The van der Waals surface area contributed by atoms with E-state index >= 15 is 0 Å². The van der Waals surface area contributed by atoms with E-state index in [-0.39, 0.29) is 15.7 Å². The van der Waals surface area contributed by atoms with Crippen LogP contribution in [0.2, 0.25) is 5.02 Å². The molecule has 0 aliphatic heterocycles. The molecule has 0 saturated carbocycles. The van der Waals surface area contributed by atoms with Crippen molar-refractivity contribution in [3.05, 3.63) is 71.0 Å². The first-order chi connectivity index (χ1) is 17.1. The van der Waals surface area contributed by atoms with Crippen LogP contribution in [0.3, 0.4) is 0 Å². The second-order valence-electron chi connectivity index (χ2n) is 9.33. The fourth-order valence-electron chi connectivity index (χ4n) is 3.43. The van der Waals surface area contributed by atoms with Crippen molar-refractivity contribution in [2.75, 3.05) is 0 Å². The molecule has 37 heavy (non-hydrogen) atoms. The third-order valence-corrected chi connectivity index (χ3v) is 8.81. The van der Waals surface area contributed by atoms with Gasteiger partial charge in [0.15, 0.2) is 5.82 Å². The number of thiophene rings is 1. The lowest BCUT2D eigenvalue weighted by molar-refractivity contribution is -0.141. The third-order valence-electron chi connectivity index (χ3n) is 5.03. The summed E-state index contributed by atoms with van der Waals surface area (Å²) in [5.74, 6) is -0.139. The predicted octanol–water partition coefficient (Wildman–Crippen LogP) is 6.99. The number of hydrogen-bond donors (Lipinski definition) is 1.